The second-order valence-electron chi connectivity index (χ2n) is 3.92. The van der Waals surface area contributed by atoms with E-state index in [1.54, 1.807) is 0 Å². The first-order valence-corrected chi connectivity index (χ1v) is 5.73. The number of rotatable bonds is 4. The fourth-order valence-corrected chi connectivity index (χ4v) is 1.64. The Morgan fingerprint density at radius 1 is 1.29 bits per heavy atom. The zero-order valence-electron chi connectivity index (χ0n) is 9.63. The van der Waals surface area contributed by atoms with Crippen LogP contribution in [0.3, 0.4) is 0 Å². The van der Waals surface area contributed by atoms with E-state index in [1.165, 1.54) is 0 Å². The molecule has 1 heterocycles. The molecule has 1 aliphatic heterocycles. The van der Waals surface area contributed by atoms with Gasteiger partial charge in [-0.15, -0.1) is 0 Å². The van der Waals surface area contributed by atoms with Crippen molar-refractivity contribution < 1.29 is 19.0 Å². The lowest BCUT2D eigenvalue weighted by atomic mass is 10.2. The third-order valence-corrected chi connectivity index (χ3v) is 2.52. The molecule has 1 aromatic rings. The molecular formula is C13H16O4. The average Bonchev–Trinajstić information content (AvgIpc) is 2.39. The third-order valence-electron chi connectivity index (χ3n) is 2.52. The van der Waals surface area contributed by atoms with Gasteiger partial charge in [0, 0.05) is 0 Å². The summed E-state index contributed by atoms with van der Waals surface area (Å²) in [5.41, 5.74) is 0.988. The molecule has 0 aliphatic carbocycles. The Bertz CT molecular complexity index is 344. The lowest BCUT2D eigenvalue weighted by molar-refractivity contribution is -0.153. The Balaban J connectivity index is 1.70. The van der Waals surface area contributed by atoms with Crippen LogP contribution in [-0.4, -0.2) is 31.9 Å². The second kappa shape index (κ2) is 6.37. The van der Waals surface area contributed by atoms with Gasteiger partial charge < -0.3 is 14.2 Å². The van der Waals surface area contributed by atoms with E-state index in [4.69, 9.17) is 14.2 Å². The zero-order valence-corrected chi connectivity index (χ0v) is 9.63. The highest BCUT2D eigenvalue weighted by Crippen LogP contribution is 2.08. The first-order valence-electron chi connectivity index (χ1n) is 5.73. The Hall–Kier alpha value is -1.39. The highest BCUT2D eigenvalue weighted by atomic mass is 16.6. The van der Waals surface area contributed by atoms with Crippen molar-refractivity contribution in [3.05, 3.63) is 35.9 Å². The SMILES string of the molecule is O=C(CC1COCCO1)OCc1ccccc1. The van der Waals surface area contributed by atoms with Crippen LogP contribution < -0.4 is 0 Å². The van der Waals surface area contributed by atoms with Crippen LogP contribution in [-0.2, 0) is 25.6 Å². The fourth-order valence-electron chi connectivity index (χ4n) is 1.64. The predicted molar refractivity (Wildman–Crippen MR) is 61.4 cm³/mol. The van der Waals surface area contributed by atoms with Crippen LogP contribution in [0, 0.1) is 0 Å². The van der Waals surface area contributed by atoms with Crippen molar-refractivity contribution in [3.63, 3.8) is 0 Å². The van der Waals surface area contributed by atoms with Gasteiger partial charge in [0.25, 0.3) is 0 Å². The number of ether oxygens (including phenoxy) is 3. The van der Waals surface area contributed by atoms with Crippen molar-refractivity contribution in [1.29, 1.82) is 0 Å². The number of carbonyl (C=O) groups excluding carboxylic acids is 1. The fraction of sp³-hybridized carbons (Fsp3) is 0.462. The van der Waals surface area contributed by atoms with Crippen molar-refractivity contribution in [3.8, 4) is 0 Å². The van der Waals surface area contributed by atoms with Crippen LogP contribution in [0.2, 0.25) is 0 Å². The number of esters is 1. The van der Waals surface area contributed by atoms with Crippen LogP contribution in [0.5, 0.6) is 0 Å². The maximum Gasteiger partial charge on any atom is 0.308 e. The Kier molecular flexibility index (Phi) is 4.53. The van der Waals surface area contributed by atoms with Crippen LogP contribution in [0.4, 0.5) is 0 Å². The predicted octanol–water partition coefficient (Wildman–Crippen LogP) is 1.54. The molecule has 92 valence electrons. The first kappa shape index (κ1) is 12.1. The minimum Gasteiger partial charge on any atom is -0.461 e. The molecule has 4 heteroatoms. The number of carbonyl (C=O) groups is 1. The Labute approximate surface area is 100 Å². The van der Waals surface area contributed by atoms with E-state index in [0.29, 0.717) is 26.4 Å². The molecule has 0 spiro atoms. The van der Waals surface area contributed by atoms with E-state index in [9.17, 15) is 4.79 Å². The Morgan fingerprint density at radius 2 is 2.12 bits per heavy atom. The molecule has 4 nitrogen and oxygen atoms in total. The van der Waals surface area contributed by atoms with E-state index in [-0.39, 0.29) is 18.5 Å². The van der Waals surface area contributed by atoms with Gasteiger partial charge in [-0.3, -0.25) is 4.79 Å². The monoisotopic (exact) mass is 236 g/mol. The standard InChI is InChI=1S/C13H16O4/c14-13(8-12-10-15-6-7-16-12)17-9-11-4-2-1-3-5-11/h1-5,12H,6-10H2. The maximum atomic E-state index is 11.5. The van der Waals surface area contributed by atoms with Gasteiger partial charge in [0.05, 0.1) is 32.3 Å². The molecule has 0 bridgehead atoms. The molecule has 1 fully saturated rings. The van der Waals surface area contributed by atoms with Gasteiger partial charge in [-0.1, -0.05) is 30.3 Å². The first-order chi connectivity index (χ1) is 8.34. The highest BCUT2D eigenvalue weighted by molar-refractivity contribution is 5.70. The molecule has 1 atom stereocenters. The number of hydrogen-bond acceptors (Lipinski definition) is 4. The van der Waals surface area contributed by atoms with Crippen LogP contribution in [0.15, 0.2) is 30.3 Å². The maximum absolute atomic E-state index is 11.5. The summed E-state index contributed by atoms with van der Waals surface area (Å²) in [6.07, 6.45) is 0.0966. The van der Waals surface area contributed by atoms with Crippen LogP contribution in [0.25, 0.3) is 0 Å². The van der Waals surface area contributed by atoms with Gasteiger partial charge in [0.1, 0.15) is 6.61 Å². The van der Waals surface area contributed by atoms with Gasteiger partial charge >= 0.3 is 5.97 Å². The Morgan fingerprint density at radius 3 is 2.82 bits per heavy atom. The summed E-state index contributed by atoms with van der Waals surface area (Å²) in [6, 6.07) is 9.61. The molecule has 0 amide bonds. The summed E-state index contributed by atoms with van der Waals surface area (Å²) in [4.78, 5) is 11.5. The van der Waals surface area contributed by atoms with Crippen molar-refractivity contribution >= 4 is 5.97 Å². The van der Waals surface area contributed by atoms with Crippen molar-refractivity contribution in [2.45, 2.75) is 19.1 Å². The summed E-state index contributed by atoms with van der Waals surface area (Å²) >= 11 is 0. The molecule has 1 saturated heterocycles. The van der Waals surface area contributed by atoms with E-state index < -0.39 is 0 Å². The quantitative estimate of drug-likeness (QED) is 0.744. The van der Waals surface area contributed by atoms with Crippen molar-refractivity contribution in [2.75, 3.05) is 19.8 Å². The molecule has 1 aliphatic rings. The summed E-state index contributed by atoms with van der Waals surface area (Å²) in [5, 5.41) is 0. The normalized spacial score (nSPS) is 19.9. The van der Waals surface area contributed by atoms with Gasteiger partial charge in [0.15, 0.2) is 0 Å². The lowest BCUT2D eigenvalue weighted by Crippen LogP contribution is -2.31. The zero-order chi connectivity index (χ0) is 11.9. The summed E-state index contributed by atoms with van der Waals surface area (Å²) < 4.78 is 15.7. The summed E-state index contributed by atoms with van der Waals surface area (Å²) in [6.45, 7) is 1.94. The molecule has 1 unspecified atom stereocenters. The molecular weight excluding hydrogens is 220 g/mol. The minimum atomic E-state index is -0.246. The molecule has 2 rings (SSSR count). The van der Waals surface area contributed by atoms with Crippen molar-refractivity contribution in [1.82, 2.24) is 0 Å². The van der Waals surface area contributed by atoms with Crippen LogP contribution in [0.1, 0.15) is 12.0 Å². The smallest absolute Gasteiger partial charge is 0.308 e. The lowest BCUT2D eigenvalue weighted by Gasteiger charge is -2.21. The van der Waals surface area contributed by atoms with Gasteiger partial charge in [-0.05, 0) is 5.56 Å². The molecule has 17 heavy (non-hydrogen) atoms. The van der Waals surface area contributed by atoms with Crippen LogP contribution >= 0.6 is 0 Å². The molecule has 0 saturated carbocycles. The highest BCUT2D eigenvalue weighted by Gasteiger charge is 2.18. The van der Waals surface area contributed by atoms with Gasteiger partial charge in [-0.2, -0.15) is 0 Å². The van der Waals surface area contributed by atoms with E-state index in [1.807, 2.05) is 30.3 Å². The van der Waals surface area contributed by atoms with Gasteiger partial charge in [-0.25, -0.2) is 0 Å². The topological polar surface area (TPSA) is 44.8 Å². The summed E-state index contributed by atoms with van der Waals surface area (Å²) in [7, 11) is 0. The van der Waals surface area contributed by atoms with Crippen molar-refractivity contribution in [2.24, 2.45) is 0 Å². The summed E-state index contributed by atoms with van der Waals surface area (Å²) in [5.74, 6) is -0.246. The third kappa shape index (κ3) is 4.17. The van der Waals surface area contributed by atoms with E-state index >= 15 is 0 Å². The van der Waals surface area contributed by atoms with E-state index in [2.05, 4.69) is 0 Å². The average molecular weight is 236 g/mol. The van der Waals surface area contributed by atoms with E-state index in [0.717, 1.165) is 5.56 Å². The minimum absolute atomic E-state index is 0.160. The number of hydrogen-bond donors (Lipinski definition) is 0. The second-order valence-corrected chi connectivity index (χ2v) is 3.92. The molecule has 0 radical (unpaired) electrons. The number of benzene rings is 1. The largest absolute Gasteiger partial charge is 0.461 e. The van der Waals surface area contributed by atoms with Gasteiger partial charge in [0.2, 0.25) is 0 Å². The molecule has 1 aromatic carbocycles. The molecule has 0 aromatic heterocycles. The molecule has 0 N–H and O–H groups in total.